The first-order valence-electron chi connectivity index (χ1n) is 6.52. The van der Waals surface area contributed by atoms with Crippen molar-refractivity contribution >= 4 is 5.97 Å². The summed E-state index contributed by atoms with van der Waals surface area (Å²) in [5.74, 6) is 0.885. The topological polar surface area (TPSA) is 55.0 Å². The van der Waals surface area contributed by atoms with Gasteiger partial charge in [-0.3, -0.25) is 4.79 Å². The lowest BCUT2D eigenvalue weighted by atomic mass is 9.79. The summed E-state index contributed by atoms with van der Waals surface area (Å²) in [5.41, 5.74) is 0. The molecule has 17 heavy (non-hydrogen) atoms. The van der Waals surface area contributed by atoms with Crippen LogP contribution in [0.1, 0.15) is 45.4 Å². The van der Waals surface area contributed by atoms with Crippen molar-refractivity contribution < 1.29 is 9.53 Å². The number of nitrogens with one attached hydrogen (secondary N) is 1. The maximum Gasteiger partial charge on any atom is 0.315 e. The van der Waals surface area contributed by atoms with Gasteiger partial charge in [0.05, 0.1) is 12.1 Å². The van der Waals surface area contributed by atoms with E-state index in [0.29, 0.717) is 11.8 Å². The summed E-state index contributed by atoms with van der Waals surface area (Å²) in [5, 5.41) is 6.43. The molecule has 94 valence electrons. The van der Waals surface area contributed by atoms with Gasteiger partial charge in [0.25, 0.3) is 0 Å². The van der Waals surface area contributed by atoms with Crippen LogP contribution in [0.5, 0.6) is 5.88 Å². The lowest BCUT2D eigenvalue weighted by Crippen LogP contribution is -2.29. The van der Waals surface area contributed by atoms with Gasteiger partial charge in [-0.1, -0.05) is 26.2 Å². The quantitative estimate of drug-likeness (QED) is 0.818. The van der Waals surface area contributed by atoms with Crippen molar-refractivity contribution in [2.45, 2.75) is 45.4 Å². The highest BCUT2D eigenvalue weighted by Gasteiger charge is 2.29. The Morgan fingerprint density at radius 1 is 1.53 bits per heavy atom. The number of H-pyrrole nitrogens is 1. The normalized spacial score (nSPS) is 18.9. The molecule has 0 aliphatic heterocycles. The summed E-state index contributed by atoms with van der Waals surface area (Å²) in [6, 6.07) is 1.67. The van der Waals surface area contributed by atoms with Gasteiger partial charge in [0.2, 0.25) is 5.88 Å². The Kier molecular flexibility index (Phi) is 4.18. The Morgan fingerprint density at radius 3 is 2.88 bits per heavy atom. The van der Waals surface area contributed by atoms with Crippen LogP contribution in [0.4, 0.5) is 0 Å². The fraction of sp³-hybridized carbons (Fsp3) is 0.692. The van der Waals surface area contributed by atoms with E-state index in [1.165, 1.54) is 19.3 Å². The van der Waals surface area contributed by atoms with Crippen LogP contribution in [-0.4, -0.2) is 16.2 Å². The fourth-order valence-electron chi connectivity index (χ4n) is 2.71. The Hall–Kier alpha value is -1.32. The molecule has 0 aromatic carbocycles. The Balaban J connectivity index is 1.94. The maximum atomic E-state index is 12.1. The molecule has 1 aliphatic carbocycles. The SMILES string of the molecule is CCC(C(=O)Oc1ccn[nH]1)C1CCCCC1. The number of esters is 1. The van der Waals surface area contributed by atoms with E-state index in [1.54, 1.807) is 12.3 Å². The molecule has 1 N–H and O–H groups in total. The predicted molar refractivity (Wildman–Crippen MR) is 64.6 cm³/mol. The third kappa shape index (κ3) is 3.08. The summed E-state index contributed by atoms with van der Waals surface area (Å²) in [6.07, 6.45) is 8.58. The van der Waals surface area contributed by atoms with Gasteiger partial charge in [0.15, 0.2) is 0 Å². The van der Waals surface area contributed by atoms with E-state index >= 15 is 0 Å². The number of nitrogens with zero attached hydrogens (tertiary/aromatic N) is 1. The predicted octanol–water partition coefficient (Wildman–Crippen LogP) is 2.92. The monoisotopic (exact) mass is 236 g/mol. The van der Waals surface area contributed by atoms with Gasteiger partial charge >= 0.3 is 5.97 Å². The van der Waals surface area contributed by atoms with Crippen LogP contribution < -0.4 is 4.74 Å². The van der Waals surface area contributed by atoms with Crippen LogP contribution in [0.3, 0.4) is 0 Å². The van der Waals surface area contributed by atoms with Crippen molar-refractivity contribution in [3.63, 3.8) is 0 Å². The number of hydrogen-bond acceptors (Lipinski definition) is 3. The van der Waals surface area contributed by atoms with E-state index < -0.39 is 0 Å². The average Bonchev–Trinajstić information content (AvgIpc) is 2.84. The minimum Gasteiger partial charge on any atom is -0.408 e. The molecular formula is C13H20N2O2. The standard InChI is InChI=1S/C13H20N2O2/c1-2-11(10-6-4-3-5-7-10)13(16)17-12-8-9-14-15-12/h8-11H,2-7H2,1H3,(H,14,15). The molecule has 0 radical (unpaired) electrons. The van der Waals surface area contributed by atoms with Gasteiger partial charge in [-0.2, -0.15) is 5.10 Å². The molecule has 1 aromatic rings. The Morgan fingerprint density at radius 2 is 2.29 bits per heavy atom. The molecule has 2 rings (SSSR count). The summed E-state index contributed by atoms with van der Waals surface area (Å²) in [4.78, 5) is 12.1. The molecule has 1 saturated carbocycles. The molecule has 0 spiro atoms. The van der Waals surface area contributed by atoms with Gasteiger partial charge < -0.3 is 4.74 Å². The molecule has 1 unspecified atom stereocenters. The molecule has 0 saturated heterocycles. The second kappa shape index (κ2) is 5.84. The molecule has 1 atom stereocenters. The Labute approximate surface area is 102 Å². The summed E-state index contributed by atoms with van der Waals surface area (Å²) >= 11 is 0. The highest BCUT2D eigenvalue weighted by molar-refractivity contribution is 5.75. The van der Waals surface area contributed by atoms with Crippen LogP contribution in [0, 0.1) is 11.8 Å². The van der Waals surface area contributed by atoms with Crippen LogP contribution >= 0.6 is 0 Å². The van der Waals surface area contributed by atoms with Crippen molar-refractivity contribution in [2.75, 3.05) is 0 Å². The van der Waals surface area contributed by atoms with Gasteiger partial charge in [0, 0.05) is 6.07 Å². The highest BCUT2D eigenvalue weighted by atomic mass is 16.5. The third-order valence-corrected chi connectivity index (χ3v) is 3.65. The van der Waals surface area contributed by atoms with Gasteiger partial charge in [-0.05, 0) is 25.2 Å². The summed E-state index contributed by atoms with van der Waals surface area (Å²) < 4.78 is 5.30. The molecule has 1 heterocycles. The average molecular weight is 236 g/mol. The van der Waals surface area contributed by atoms with E-state index in [0.717, 1.165) is 19.3 Å². The first-order chi connectivity index (χ1) is 8.31. The fourth-order valence-corrected chi connectivity index (χ4v) is 2.71. The van der Waals surface area contributed by atoms with Crippen LogP contribution in [-0.2, 0) is 4.79 Å². The molecule has 4 nitrogen and oxygen atoms in total. The van der Waals surface area contributed by atoms with Crippen LogP contribution in [0.25, 0.3) is 0 Å². The van der Waals surface area contributed by atoms with Crippen molar-refractivity contribution in [3.05, 3.63) is 12.3 Å². The zero-order valence-corrected chi connectivity index (χ0v) is 10.3. The smallest absolute Gasteiger partial charge is 0.315 e. The number of aromatic nitrogens is 2. The lowest BCUT2D eigenvalue weighted by Gasteiger charge is -2.27. The highest BCUT2D eigenvalue weighted by Crippen LogP contribution is 2.32. The molecule has 4 heteroatoms. The van der Waals surface area contributed by atoms with E-state index in [-0.39, 0.29) is 11.9 Å². The third-order valence-electron chi connectivity index (χ3n) is 3.65. The number of hydrogen-bond donors (Lipinski definition) is 1. The molecule has 1 aliphatic rings. The minimum absolute atomic E-state index is 0.0404. The Bertz CT molecular complexity index is 342. The van der Waals surface area contributed by atoms with Crippen molar-refractivity contribution in [3.8, 4) is 5.88 Å². The second-order valence-corrected chi connectivity index (χ2v) is 4.75. The molecule has 0 bridgehead atoms. The second-order valence-electron chi connectivity index (χ2n) is 4.75. The van der Waals surface area contributed by atoms with Gasteiger partial charge in [-0.25, -0.2) is 5.10 Å². The molecule has 0 amide bonds. The van der Waals surface area contributed by atoms with Gasteiger partial charge in [0.1, 0.15) is 0 Å². The minimum atomic E-state index is -0.108. The van der Waals surface area contributed by atoms with E-state index in [1.807, 2.05) is 0 Å². The van der Waals surface area contributed by atoms with E-state index in [2.05, 4.69) is 17.1 Å². The lowest BCUT2D eigenvalue weighted by molar-refractivity contribution is -0.141. The summed E-state index contributed by atoms with van der Waals surface area (Å²) in [7, 11) is 0. The maximum absolute atomic E-state index is 12.1. The number of rotatable bonds is 4. The number of ether oxygens (including phenoxy) is 1. The number of carbonyl (C=O) groups is 1. The van der Waals surface area contributed by atoms with E-state index in [9.17, 15) is 4.79 Å². The summed E-state index contributed by atoms with van der Waals surface area (Å²) in [6.45, 7) is 2.06. The van der Waals surface area contributed by atoms with Crippen LogP contribution in [0.2, 0.25) is 0 Å². The zero-order chi connectivity index (χ0) is 12.1. The largest absolute Gasteiger partial charge is 0.408 e. The molecule has 1 aromatic heterocycles. The molecule has 1 fully saturated rings. The van der Waals surface area contributed by atoms with Crippen molar-refractivity contribution in [2.24, 2.45) is 11.8 Å². The van der Waals surface area contributed by atoms with Gasteiger partial charge in [-0.15, -0.1) is 0 Å². The first-order valence-corrected chi connectivity index (χ1v) is 6.52. The number of aromatic amines is 1. The first kappa shape index (κ1) is 12.1. The van der Waals surface area contributed by atoms with Crippen molar-refractivity contribution in [1.29, 1.82) is 0 Å². The van der Waals surface area contributed by atoms with Crippen molar-refractivity contribution in [1.82, 2.24) is 10.2 Å². The van der Waals surface area contributed by atoms with E-state index in [4.69, 9.17) is 4.74 Å². The molecular weight excluding hydrogens is 216 g/mol. The zero-order valence-electron chi connectivity index (χ0n) is 10.3. The number of carbonyl (C=O) groups excluding carboxylic acids is 1. The van der Waals surface area contributed by atoms with Crippen LogP contribution in [0.15, 0.2) is 12.3 Å².